The van der Waals surface area contributed by atoms with Crippen LogP contribution in [0, 0.1) is 0 Å². The molecule has 0 saturated heterocycles. The molecule has 0 aliphatic carbocycles. The number of rotatable bonds is 10. The molecule has 0 atom stereocenters. The number of nitrogens with zero attached hydrogens (tertiary/aromatic N) is 1. The maximum absolute atomic E-state index is 13.5. The van der Waals surface area contributed by atoms with Gasteiger partial charge in [-0.15, -0.1) is 0 Å². The van der Waals surface area contributed by atoms with Gasteiger partial charge in [0.2, 0.25) is 0 Å². The number of carbonyl (C=O) groups is 1. The fourth-order valence-corrected chi connectivity index (χ4v) is 5.06. The summed E-state index contributed by atoms with van der Waals surface area (Å²) in [6.45, 7) is 2.52. The molecule has 1 N–H and O–H groups in total. The number of anilines is 1. The molecule has 0 radical (unpaired) electrons. The van der Waals surface area contributed by atoms with Gasteiger partial charge < -0.3 is 14.6 Å². The third kappa shape index (κ3) is 6.48. The molecule has 0 aliphatic rings. The Bertz CT molecular complexity index is 1290. The molecule has 0 saturated carbocycles. The Morgan fingerprint density at radius 2 is 1.61 bits per heavy atom. The summed E-state index contributed by atoms with van der Waals surface area (Å²) in [7, 11) is -4.12. The number of hydrogen-bond acceptors (Lipinski definition) is 5. The third-order valence-corrected chi connectivity index (χ3v) is 6.98. The third-order valence-electron chi connectivity index (χ3n) is 4.97. The van der Waals surface area contributed by atoms with Gasteiger partial charge in [-0.05, 0) is 61.9 Å². The highest BCUT2D eigenvalue weighted by molar-refractivity contribution is 7.92. The average Bonchev–Trinajstić information content (AvgIpc) is 2.82. The topological polar surface area (TPSA) is 93.1 Å². The van der Waals surface area contributed by atoms with Gasteiger partial charge in [-0.1, -0.05) is 30.3 Å². The normalized spacial score (nSPS) is 11.8. The summed E-state index contributed by atoms with van der Waals surface area (Å²) < 4.78 is 79.0. The first kappa shape index (κ1) is 26.9. The number of halogens is 3. The van der Waals surface area contributed by atoms with Gasteiger partial charge in [0.15, 0.2) is 6.61 Å². The Labute approximate surface area is 206 Å². The molecule has 11 heteroatoms. The van der Waals surface area contributed by atoms with E-state index in [9.17, 15) is 26.4 Å². The van der Waals surface area contributed by atoms with E-state index in [2.05, 4.69) is 0 Å². The van der Waals surface area contributed by atoms with E-state index in [1.54, 1.807) is 44.2 Å². The molecule has 0 amide bonds. The van der Waals surface area contributed by atoms with Crippen molar-refractivity contribution >= 4 is 21.7 Å². The Morgan fingerprint density at radius 1 is 0.972 bits per heavy atom. The maximum Gasteiger partial charge on any atom is 0.416 e. The number of sulfonamides is 1. The summed E-state index contributed by atoms with van der Waals surface area (Å²) in [4.78, 5) is 10.6. The van der Waals surface area contributed by atoms with E-state index in [0.29, 0.717) is 11.3 Å². The van der Waals surface area contributed by atoms with Crippen LogP contribution in [0.15, 0.2) is 77.7 Å². The molecule has 192 valence electrons. The number of carboxylic acids is 1. The molecule has 3 aromatic carbocycles. The van der Waals surface area contributed by atoms with Crippen molar-refractivity contribution in [2.75, 3.05) is 10.9 Å². The summed E-state index contributed by atoms with van der Waals surface area (Å²) in [6.07, 6.45) is -4.67. The molecule has 3 aromatic rings. The van der Waals surface area contributed by atoms with Gasteiger partial charge in [-0.2, -0.15) is 13.2 Å². The van der Waals surface area contributed by atoms with Gasteiger partial charge in [0, 0.05) is 6.04 Å². The van der Waals surface area contributed by atoms with Crippen LogP contribution in [0.5, 0.6) is 11.5 Å². The van der Waals surface area contributed by atoms with Crippen LogP contribution in [0.3, 0.4) is 0 Å². The largest absolute Gasteiger partial charge is 0.487 e. The minimum atomic E-state index is -4.67. The van der Waals surface area contributed by atoms with Crippen LogP contribution < -0.4 is 13.8 Å². The summed E-state index contributed by atoms with van der Waals surface area (Å²) in [6, 6.07) is 15.7. The van der Waals surface area contributed by atoms with E-state index in [4.69, 9.17) is 14.6 Å². The summed E-state index contributed by atoms with van der Waals surface area (Å²) in [5, 5.41) is 8.69. The number of aliphatic carboxylic acids is 1. The van der Waals surface area contributed by atoms with Crippen LogP contribution in [0.2, 0.25) is 0 Å². The first-order valence-electron chi connectivity index (χ1n) is 10.8. The van der Waals surface area contributed by atoms with Crippen molar-refractivity contribution in [3.8, 4) is 11.5 Å². The summed E-state index contributed by atoms with van der Waals surface area (Å²) >= 11 is 0. The van der Waals surface area contributed by atoms with Crippen molar-refractivity contribution in [2.24, 2.45) is 0 Å². The second-order valence-corrected chi connectivity index (χ2v) is 9.82. The number of alkyl halides is 3. The highest BCUT2D eigenvalue weighted by Gasteiger charge is 2.34. The van der Waals surface area contributed by atoms with E-state index < -0.39 is 40.4 Å². The van der Waals surface area contributed by atoms with E-state index in [1.807, 2.05) is 0 Å². The molecule has 0 bridgehead atoms. The van der Waals surface area contributed by atoms with Crippen molar-refractivity contribution in [1.29, 1.82) is 0 Å². The Morgan fingerprint density at radius 3 is 2.17 bits per heavy atom. The van der Waals surface area contributed by atoms with Gasteiger partial charge >= 0.3 is 12.1 Å². The van der Waals surface area contributed by atoms with Crippen LogP contribution in [-0.2, 0) is 27.6 Å². The van der Waals surface area contributed by atoms with Crippen molar-refractivity contribution in [2.45, 2.75) is 37.6 Å². The molecule has 3 rings (SSSR count). The van der Waals surface area contributed by atoms with E-state index in [0.717, 1.165) is 22.5 Å². The maximum atomic E-state index is 13.5. The molecule has 0 unspecified atom stereocenters. The summed E-state index contributed by atoms with van der Waals surface area (Å²) in [5.41, 5.74) is -0.481. The van der Waals surface area contributed by atoms with Crippen LogP contribution in [0.4, 0.5) is 18.9 Å². The zero-order valence-electron chi connectivity index (χ0n) is 19.4. The molecule has 0 aliphatic heterocycles. The molecule has 7 nitrogen and oxygen atoms in total. The predicted octanol–water partition coefficient (Wildman–Crippen LogP) is 5.35. The van der Waals surface area contributed by atoms with Crippen molar-refractivity contribution in [3.63, 3.8) is 0 Å². The molecule has 0 fully saturated rings. The average molecular weight is 524 g/mol. The lowest BCUT2D eigenvalue weighted by atomic mass is 10.1. The molecule has 36 heavy (non-hydrogen) atoms. The first-order valence-corrected chi connectivity index (χ1v) is 12.2. The lowest BCUT2D eigenvalue weighted by Gasteiger charge is -2.30. The smallest absolute Gasteiger partial charge is 0.416 e. The fourth-order valence-electron chi connectivity index (χ4n) is 3.37. The molecule has 0 spiro atoms. The van der Waals surface area contributed by atoms with Gasteiger partial charge in [-0.3, -0.25) is 4.31 Å². The predicted molar refractivity (Wildman–Crippen MR) is 127 cm³/mol. The monoisotopic (exact) mass is 523 g/mol. The molecule has 0 heterocycles. The number of ether oxygens (including phenoxy) is 2. The van der Waals surface area contributed by atoms with Gasteiger partial charge in [0.1, 0.15) is 18.1 Å². The van der Waals surface area contributed by atoms with Gasteiger partial charge in [0.25, 0.3) is 10.0 Å². The lowest BCUT2D eigenvalue weighted by Crippen LogP contribution is -2.37. The second-order valence-electron chi connectivity index (χ2n) is 8.00. The standard InChI is InChI=1S/C25H24F3NO6S/c1-17(2)29(36(32,33)21-6-4-3-5-7-21)22-13-10-19(25(26,27)28)14-23(22)35-15-18-8-11-20(12-9-18)34-16-24(30)31/h3-14,17H,15-16H2,1-2H3,(H,30,31). The van der Waals surface area contributed by atoms with E-state index in [-0.39, 0.29) is 22.9 Å². The minimum Gasteiger partial charge on any atom is -0.487 e. The van der Waals surface area contributed by atoms with Gasteiger partial charge in [-0.25, -0.2) is 13.2 Å². The minimum absolute atomic E-state index is 0.0125. The molecular weight excluding hydrogens is 499 g/mol. The zero-order chi connectivity index (χ0) is 26.5. The van der Waals surface area contributed by atoms with Crippen molar-refractivity contribution in [1.82, 2.24) is 0 Å². The number of benzene rings is 3. The highest BCUT2D eigenvalue weighted by Crippen LogP contribution is 2.39. The van der Waals surface area contributed by atoms with Crippen LogP contribution in [0.1, 0.15) is 25.0 Å². The first-order chi connectivity index (χ1) is 16.9. The van der Waals surface area contributed by atoms with E-state index in [1.165, 1.54) is 24.3 Å². The highest BCUT2D eigenvalue weighted by atomic mass is 32.2. The number of carboxylic acid groups (broad SMARTS) is 1. The molecule has 0 aromatic heterocycles. The Kier molecular flexibility index (Phi) is 8.13. The lowest BCUT2D eigenvalue weighted by molar-refractivity contribution is -0.139. The number of hydrogen-bond donors (Lipinski definition) is 1. The Balaban J connectivity index is 1.97. The SMILES string of the molecule is CC(C)N(c1ccc(C(F)(F)F)cc1OCc1ccc(OCC(=O)O)cc1)S(=O)(=O)c1ccccc1. The van der Waals surface area contributed by atoms with Crippen LogP contribution >= 0.6 is 0 Å². The van der Waals surface area contributed by atoms with Crippen LogP contribution in [-0.4, -0.2) is 32.1 Å². The fraction of sp³-hybridized carbons (Fsp3) is 0.240. The quantitative estimate of drug-likeness (QED) is 0.385. The van der Waals surface area contributed by atoms with Crippen LogP contribution in [0.25, 0.3) is 0 Å². The molecular formula is C25H24F3NO6S. The second kappa shape index (κ2) is 10.9. The van der Waals surface area contributed by atoms with E-state index >= 15 is 0 Å². The summed E-state index contributed by atoms with van der Waals surface area (Å²) in [5.74, 6) is -1.11. The Hall–Kier alpha value is -3.73. The van der Waals surface area contributed by atoms with Crippen molar-refractivity contribution in [3.05, 3.63) is 83.9 Å². The van der Waals surface area contributed by atoms with Gasteiger partial charge in [0.05, 0.1) is 16.1 Å². The van der Waals surface area contributed by atoms with Crippen molar-refractivity contribution < 1.29 is 41.0 Å². The zero-order valence-corrected chi connectivity index (χ0v) is 20.2.